The summed E-state index contributed by atoms with van der Waals surface area (Å²) in [4.78, 5) is 0. The van der Waals surface area contributed by atoms with Crippen LogP contribution in [-0.4, -0.2) is 24.8 Å². The topological polar surface area (TPSA) is 25.8 Å². The van der Waals surface area contributed by atoms with Crippen LogP contribution in [0.4, 0.5) is 0 Å². The molecule has 0 radical (unpaired) electrons. The maximum absolute atomic E-state index is 5.97. The molecular weight excluding hydrogens is 294 g/mol. The lowest BCUT2D eigenvalue weighted by Gasteiger charge is -2.39. The van der Waals surface area contributed by atoms with Crippen molar-refractivity contribution in [3.8, 4) is 0 Å². The van der Waals surface area contributed by atoms with Crippen LogP contribution in [0.15, 0.2) is 0 Å². The van der Waals surface area contributed by atoms with Crippen molar-refractivity contribution in [1.29, 1.82) is 0 Å². The third kappa shape index (κ3) is 7.04. The van der Waals surface area contributed by atoms with Gasteiger partial charge in [0.25, 0.3) is 0 Å². The molecule has 2 N–H and O–H groups in total. The van der Waals surface area contributed by atoms with Gasteiger partial charge in [0.15, 0.2) is 0 Å². The van der Waals surface area contributed by atoms with Gasteiger partial charge in [0.1, 0.15) is 0 Å². The van der Waals surface area contributed by atoms with Crippen LogP contribution in [-0.2, 0) is 4.74 Å². The van der Waals surface area contributed by atoms with Crippen molar-refractivity contribution >= 4 is 0 Å². The number of ether oxygens (including phenoxy) is 1. The van der Waals surface area contributed by atoms with E-state index in [-0.39, 0.29) is 5.60 Å². The zero-order chi connectivity index (χ0) is 17.6. The summed E-state index contributed by atoms with van der Waals surface area (Å²) in [5, 5.41) is 2.69. The quantitative estimate of drug-likeness (QED) is 0.677. The molecule has 1 aliphatic heterocycles. The summed E-state index contributed by atoms with van der Waals surface area (Å²) in [6.07, 6.45) is 12.6. The van der Waals surface area contributed by atoms with Crippen molar-refractivity contribution in [3.05, 3.63) is 0 Å². The second-order valence-corrected chi connectivity index (χ2v) is 9.93. The number of nitrogens with two attached hydrogens (primary N) is 1. The van der Waals surface area contributed by atoms with Crippen molar-refractivity contribution in [3.63, 3.8) is 0 Å². The molecule has 0 bridgehead atoms. The number of hydrogen-bond acceptors (Lipinski definition) is 1. The largest absolute Gasteiger partial charge is 0.376 e. The van der Waals surface area contributed by atoms with E-state index in [1.54, 1.807) is 0 Å². The van der Waals surface area contributed by atoms with E-state index in [1.807, 2.05) is 0 Å². The van der Waals surface area contributed by atoms with E-state index in [1.165, 1.54) is 64.3 Å². The summed E-state index contributed by atoms with van der Waals surface area (Å²) in [5.74, 6) is 3.60. The third-order valence-electron chi connectivity index (χ3n) is 6.61. The van der Waals surface area contributed by atoms with E-state index in [0.29, 0.717) is 0 Å². The van der Waals surface area contributed by atoms with Crippen molar-refractivity contribution in [1.82, 2.24) is 0 Å². The summed E-state index contributed by atoms with van der Waals surface area (Å²) in [7, 11) is 0. The van der Waals surface area contributed by atoms with Crippen LogP contribution in [0.5, 0.6) is 0 Å². The number of hydrogen-bond donors (Lipinski definition) is 1. The van der Waals surface area contributed by atoms with Gasteiger partial charge in [-0.2, -0.15) is 0 Å². The first kappa shape index (κ1) is 20.2. The van der Waals surface area contributed by atoms with E-state index in [0.717, 1.165) is 36.3 Å². The monoisotopic (exact) mass is 338 g/mol. The fourth-order valence-electron chi connectivity index (χ4n) is 4.91. The maximum atomic E-state index is 5.97. The second kappa shape index (κ2) is 9.57. The zero-order valence-corrected chi connectivity index (χ0v) is 17.2. The highest BCUT2D eigenvalue weighted by Gasteiger charge is 2.33. The summed E-state index contributed by atoms with van der Waals surface area (Å²) in [6.45, 7) is 14.1. The van der Waals surface area contributed by atoms with Gasteiger partial charge in [-0.05, 0) is 88.9 Å². The van der Waals surface area contributed by atoms with Crippen LogP contribution in [0.25, 0.3) is 0 Å². The molecule has 2 aliphatic rings. The van der Waals surface area contributed by atoms with Crippen molar-refractivity contribution in [2.24, 2.45) is 23.7 Å². The highest BCUT2D eigenvalue weighted by atomic mass is 16.5. The minimum absolute atomic E-state index is 0.0994. The smallest absolute Gasteiger partial charge is 0.0859 e. The molecule has 2 fully saturated rings. The minimum atomic E-state index is 0.0994. The fraction of sp³-hybridized carbons (Fsp3) is 1.00. The van der Waals surface area contributed by atoms with E-state index >= 15 is 0 Å². The van der Waals surface area contributed by atoms with E-state index in [2.05, 4.69) is 39.9 Å². The van der Waals surface area contributed by atoms with Crippen LogP contribution in [0.1, 0.15) is 92.4 Å². The second-order valence-electron chi connectivity index (χ2n) is 9.93. The highest BCUT2D eigenvalue weighted by molar-refractivity contribution is 4.83. The molecule has 2 atom stereocenters. The minimum Gasteiger partial charge on any atom is -0.376 e. The number of quaternary nitrogens is 1. The zero-order valence-electron chi connectivity index (χ0n) is 17.2. The Bertz CT molecular complexity index is 344. The van der Waals surface area contributed by atoms with Crippen molar-refractivity contribution < 1.29 is 10.1 Å². The van der Waals surface area contributed by atoms with E-state index in [9.17, 15) is 0 Å². The molecule has 0 aromatic heterocycles. The molecule has 24 heavy (non-hydrogen) atoms. The standard InChI is InChI=1S/C22H43NO/c1-17(2)6-9-19(20-13-15-24-22(4,5)16-20)12-14-23-21-10-7-18(3)8-11-21/h17-21,23H,6-16H2,1-5H3/p+1/t18?,19-,20+,21?/m0/s1. The Kier molecular flexibility index (Phi) is 8.07. The van der Waals surface area contributed by atoms with Crippen molar-refractivity contribution in [2.75, 3.05) is 13.2 Å². The predicted molar refractivity (Wildman–Crippen MR) is 103 cm³/mol. The summed E-state index contributed by atoms with van der Waals surface area (Å²) in [6, 6.07) is 0.915. The Morgan fingerprint density at radius 3 is 2.33 bits per heavy atom. The van der Waals surface area contributed by atoms with Gasteiger partial charge in [-0.3, -0.25) is 0 Å². The Morgan fingerprint density at radius 2 is 1.71 bits per heavy atom. The molecule has 2 nitrogen and oxygen atoms in total. The molecule has 0 amide bonds. The Hall–Kier alpha value is -0.0800. The van der Waals surface area contributed by atoms with Crippen LogP contribution in [0, 0.1) is 23.7 Å². The molecule has 1 saturated heterocycles. The van der Waals surface area contributed by atoms with Gasteiger partial charge in [0.2, 0.25) is 0 Å². The molecule has 1 heterocycles. The van der Waals surface area contributed by atoms with Crippen LogP contribution < -0.4 is 5.32 Å². The Balaban J connectivity index is 1.79. The normalized spacial score (nSPS) is 32.0. The fourth-order valence-corrected chi connectivity index (χ4v) is 4.91. The molecule has 1 saturated carbocycles. The summed E-state index contributed by atoms with van der Waals surface area (Å²) in [5.41, 5.74) is 0.0994. The van der Waals surface area contributed by atoms with E-state index in [4.69, 9.17) is 4.74 Å². The SMILES string of the molecule is CC(C)CC[C@@H](CC[NH2+]C1CCC(C)CC1)[C@@H]1CCOC(C)(C)C1. The van der Waals surface area contributed by atoms with Crippen LogP contribution >= 0.6 is 0 Å². The molecule has 1 aliphatic carbocycles. The van der Waals surface area contributed by atoms with Gasteiger partial charge in [0, 0.05) is 6.61 Å². The first-order valence-electron chi connectivity index (χ1n) is 10.8. The average Bonchev–Trinajstić information content (AvgIpc) is 2.51. The van der Waals surface area contributed by atoms with Gasteiger partial charge >= 0.3 is 0 Å². The lowest BCUT2D eigenvalue weighted by molar-refractivity contribution is -0.693. The van der Waals surface area contributed by atoms with Gasteiger partial charge < -0.3 is 10.1 Å². The first-order valence-corrected chi connectivity index (χ1v) is 10.8. The van der Waals surface area contributed by atoms with Crippen molar-refractivity contribution in [2.45, 2.75) is 104 Å². The first-order chi connectivity index (χ1) is 11.4. The average molecular weight is 339 g/mol. The third-order valence-corrected chi connectivity index (χ3v) is 6.61. The summed E-state index contributed by atoms with van der Waals surface area (Å²) >= 11 is 0. The Morgan fingerprint density at radius 1 is 1.00 bits per heavy atom. The summed E-state index contributed by atoms with van der Waals surface area (Å²) < 4.78 is 5.97. The van der Waals surface area contributed by atoms with E-state index < -0.39 is 0 Å². The molecular formula is C22H44NO+. The molecule has 0 spiro atoms. The highest BCUT2D eigenvalue weighted by Crippen LogP contribution is 2.37. The molecule has 0 aromatic carbocycles. The molecule has 0 aromatic rings. The van der Waals surface area contributed by atoms with Gasteiger partial charge in [-0.1, -0.05) is 27.2 Å². The predicted octanol–water partition coefficient (Wildman–Crippen LogP) is 4.78. The maximum Gasteiger partial charge on any atom is 0.0859 e. The van der Waals surface area contributed by atoms with Gasteiger partial charge in [-0.15, -0.1) is 0 Å². The molecule has 0 unspecified atom stereocenters. The lowest BCUT2D eigenvalue weighted by atomic mass is 9.75. The molecule has 2 heteroatoms. The molecule has 2 rings (SSSR count). The number of rotatable bonds is 8. The van der Waals surface area contributed by atoms with Gasteiger partial charge in [-0.25, -0.2) is 0 Å². The van der Waals surface area contributed by atoms with Crippen LogP contribution in [0.3, 0.4) is 0 Å². The van der Waals surface area contributed by atoms with Gasteiger partial charge in [0.05, 0.1) is 18.2 Å². The Labute approximate surface area is 151 Å². The molecule has 142 valence electrons. The lowest BCUT2D eigenvalue weighted by Crippen LogP contribution is -2.90. The van der Waals surface area contributed by atoms with Crippen LogP contribution in [0.2, 0.25) is 0 Å².